The van der Waals surface area contributed by atoms with E-state index in [1.807, 2.05) is 38.1 Å². The predicted octanol–water partition coefficient (Wildman–Crippen LogP) is 3.84. The van der Waals surface area contributed by atoms with Crippen LogP contribution in [-0.4, -0.2) is 65.3 Å². The van der Waals surface area contributed by atoms with Crippen molar-refractivity contribution < 1.29 is 13.2 Å². The lowest BCUT2D eigenvalue weighted by Gasteiger charge is -2.35. The fraction of sp³-hybridized carbons (Fsp3) is 0.370. The third-order valence-corrected chi connectivity index (χ3v) is 8.93. The van der Waals surface area contributed by atoms with Crippen molar-refractivity contribution in [2.24, 2.45) is 7.05 Å². The molecule has 1 aliphatic heterocycles. The summed E-state index contributed by atoms with van der Waals surface area (Å²) in [6, 6.07) is 12.2. The van der Waals surface area contributed by atoms with E-state index in [-0.39, 0.29) is 16.3 Å². The van der Waals surface area contributed by atoms with Gasteiger partial charge in [-0.3, -0.25) is 9.48 Å². The zero-order chi connectivity index (χ0) is 27.7. The number of hydrogen-bond acceptors (Lipinski definition) is 7. The summed E-state index contributed by atoms with van der Waals surface area (Å²) in [5, 5.41) is 5.11. The Balaban J connectivity index is 1.50. The van der Waals surface area contributed by atoms with Crippen molar-refractivity contribution in [1.82, 2.24) is 24.1 Å². The molecule has 5 rings (SSSR count). The third kappa shape index (κ3) is 5.26. The van der Waals surface area contributed by atoms with E-state index in [0.717, 1.165) is 17.8 Å². The van der Waals surface area contributed by atoms with Crippen LogP contribution in [0.3, 0.4) is 0 Å². The number of H-pyrrole nitrogens is 1. The van der Waals surface area contributed by atoms with E-state index in [9.17, 15) is 13.2 Å². The van der Waals surface area contributed by atoms with Crippen LogP contribution in [0, 0.1) is 0 Å². The number of piperazine rings is 1. The Morgan fingerprint density at radius 3 is 2.54 bits per heavy atom. The molecule has 39 heavy (non-hydrogen) atoms. The number of ether oxygens (including phenoxy) is 1. The number of aromatic nitrogens is 4. The Morgan fingerprint density at radius 1 is 1.08 bits per heavy atom. The van der Waals surface area contributed by atoms with Crippen molar-refractivity contribution in [2.75, 3.05) is 37.7 Å². The van der Waals surface area contributed by atoms with E-state index in [1.165, 1.54) is 21.1 Å². The number of fused-ring (bicyclic) bond motifs is 1. The van der Waals surface area contributed by atoms with Gasteiger partial charge in [-0.05, 0) is 49.7 Å². The molecule has 3 heterocycles. The van der Waals surface area contributed by atoms with Crippen LogP contribution in [-0.2, 0) is 23.5 Å². The third-order valence-electron chi connectivity index (χ3n) is 6.81. The maximum absolute atomic E-state index is 13.7. The average Bonchev–Trinajstić information content (AvgIpc) is 3.24. The zero-order valence-electron chi connectivity index (χ0n) is 22.1. The molecule has 2 aromatic carbocycles. The van der Waals surface area contributed by atoms with E-state index >= 15 is 0 Å². The van der Waals surface area contributed by atoms with Crippen LogP contribution in [0.5, 0.6) is 5.75 Å². The number of nitrogens with zero attached hydrogens (tertiary/aromatic N) is 5. The number of sulfonamides is 1. The minimum absolute atomic E-state index is 0.111. The smallest absolute Gasteiger partial charge is 0.277 e. The average molecular weight is 571 g/mol. The Labute approximate surface area is 232 Å². The molecule has 10 nitrogen and oxygen atoms in total. The molecule has 1 fully saturated rings. The Hall–Kier alpha value is -3.41. The van der Waals surface area contributed by atoms with Crippen LogP contribution in [0.4, 0.5) is 5.69 Å². The molecule has 1 aliphatic rings. The topological polar surface area (TPSA) is 113 Å². The summed E-state index contributed by atoms with van der Waals surface area (Å²) < 4.78 is 36.2. The van der Waals surface area contributed by atoms with Gasteiger partial charge in [0.1, 0.15) is 17.1 Å². The van der Waals surface area contributed by atoms with Gasteiger partial charge in [-0.2, -0.15) is 9.40 Å². The van der Waals surface area contributed by atoms with Crippen LogP contribution in [0.1, 0.15) is 26.0 Å². The fourth-order valence-electron chi connectivity index (χ4n) is 4.92. The molecular weight excluding hydrogens is 540 g/mol. The normalized spacial score (nSPS) is 14.7. The van der Waals surface area contributed by atoms with E-state index in [4.69, 9.17) is 21.3 Å². The molecule has 4 aromatic rings. The van der Waals surface area contributed by atoms with Crippen LogP contribution >= 0.6 is 11.6 Å². The summed E-state index contributed by atoms with van der Waals surface area (Å²) >= 11 is 6.14. The monoisotopic (exact) mass is 570 g/mol. The summed E-state index contributed by atoms with van der Waals surface area (Å²) in [4.78, 5) is 22.8. The summed E-state index contributed by atoms with van der Waals surface area (Å²) in [6.45, 7) is 5.97. The second-order valence-corrected chi connectivity index (χ2v) is 11.8. The van der Waals surface area contributed by atoms with Crippen molar-refractivity contribution in [2.45, 2.75) is 31.6 Å². The first kappa shape index (κ1) is 27.2. The van der Waals surface area contributed by atoms with E-state index in [0.29, 0.717) is 66.6 Å². The molecule has 0 bridgehead atoms. The minimum Gasteiger partial charge on any atom is -0.493 e. The number of halogens is 1. The molecule has 0 atom stereocenters. The van der Waals surface area contributed by atoms with E-state index < -0.39 is 10.0 Å². The number of nitrogens with one attached hydrogen (secondary N) is 1. The summed E-state index contributed by atoms with van der Waals surface area (Å²) in [7, 11) is -2.10. The molecule has 1 saturated heterocycles. The van der Waals surface area contributed by atoms with Gasteiger partial charge < -0.3 is 14.6 Å². The largest absolute Gasteiger partial charge is 0.493 e. The van der Waals surface area contributed by atoms with Gasteiger partial charge >= 0.3 is 0 Å². The van der Waals surface area contributed by atoms with Gasteiger partial charge in [0, 0.05) is 43.9 Å². The van der Waals surface area contributed by atoms with Crippen molar-refractivity contribution in [3.8, 4) is 17.1 Å². The Kier molecular flexibility index (Phi) is 7.66. The highest BCUT2D eigenvalue weighted by Gasteiger charge is 2.30. The second-order valence-electron chi connectivity index (χ2n) is 9.39. The summed E-state index contributed by atoms with van der Waals surface area (Å²) in [6.07, 6.45) is 1.51. The molecule has 2 aromatic heterocycles. The van der Waals surface area contributed by atoms with Gasteiger partial charge in [0.25, 0.3) is 5.56 Å². The fourth-order valence-corrected chi connectivity index (χ4v) is 6.56. The first-order valence-corrected chi connectivity index (χ1v) is 14.8. The Bertz CT molecular complexity index is 1680. The second kappa shape index (κ2) is 11.0. The van der Waals surface area contributed by atoms with Gasteiger partial charge in [0.15, 0.2) is 5.52 Å². The molecule has 12 heteroatoms. The van der Waals surface area contributed by atoms with Crippen molar-refractivity contribution in [3.63, 3.8) is 0 Å². The number of benzene rings is 2. The lowest BCUT2D eigenvalue weighted by atomic mass is 10.1. The lowest BCUT2D eigenvalue weighted by Crippen LogP contribution is -2.48. The van der Waals surface area contributed by atoms with Gasteiger partial charge in [-0.25, -0.2) is 13.4 Å². The SMILES string of the molecule is CCCc1nn(C)c2c(=O)[nH]c(-c3cc(S(=O)(=O)N4CCN(c5cccc(Cl)c5)CC4)ccc3OCC)nc12. The quantitative estimate of drug-likeness (QED) is 0.342. The molecule has 1 N–H and O–H groups in total. The standard InChI is InChI=1S/C27H31ClN6O4S/c1-4-7-22-24-25(32(3)31-22)27(35)30-26(29-24)21-17-20(10-11-23(21)38-5-2)39(36,37)34-14-12-33(13-15-34)19-9-6-8-18(28)16-19/h6,8-11,16-17H,4-5,7,12-15H2,1-3H3,(H,29,30,35). The number of rotatable bonds is 8. The predicted molar refractivity (Wildman–Crippen MR) is 152 cm³/mol. The Morgan fingerprint density at radius 2 is 1.85 bits per heavy atom. The number of aromatic amines is 1. The summed E-state index contributed by atoms with van der Waals surface area (Å²) in [5.74, 6) is 0.676. The maximum Gasteiger partial charge on any atom is 0.277 e. The van der Waals surface area contributed by atoms with E-state index in [2.05, 4.69) is 15.0 Å². The van der Waals surface area contributed by atoms with Crippen molar-refractivity contribution in [1.29, 1.82) is 0 Å². The van der Waals surface area contributed by atoms with Crippen LogP contribution in [0.25, 0.3) is 22.4 Å². The molecule has 206 valence electrons. The molecule has 0 saturated carbocycles. The minimum atomic E-state index is -3.81. The molecule has 0 unspecified atom stereocenters. The molecule has 0 spiro atoms. The number of hydrogen-bond donors (Lipinski definition) is 1. The number of aryl methyl sites for hydroxylation is 2. The molecular formula is C27H31ClN6O4S. The van der Waals surface area contributed by atoms with Gasteiger partial charge in [0.2, 0.25) is 10.0 Å². The van der Waals surface area contributed by atoms with E-state index in [1.54, 1.807) is 13.1 Å². The molecule has 0 amide bonds. The lowest BCUT2D eigenvalue weighted by molar-refractivity contribution is 0.341. The van der Waals surface area contributed by atoms with Crippen molar-refractivity contribution in [3.05, 3.63) is 63.5 Å². The zero-order valence-corrected chi connectivity index (χ0v) is 23.7. The van der Waals surface area contributed by atoms with Crippen LogP contribution in [0.15, 0.2) is 52.2 Å². The van der Waals surface area contributed by atoms with Gasteiger partial charge in [0.05, 0.1) is 22.8 Å². The highest BCUT2D eigenvalue weighted by Crippen LogP contribution is 2.32. The highest BCUT2D eigenvalue weighted by atomic mass is 35.5. The molecule has 0 radical (unpaired) electrons. The highest BCUT2D eigenvalue weighted by molar-refractivity contribution is 7.89. The van der Waals surface area contributed by atoms with Crippen LogP contribution in [0.2, 0.25) is 5.02 Å². The first-order chi connectivity index (χ1) is 18.7. The first-order valence-electron chi connectivity index (χ1n) is 13.0. The number of anilines is 1. The summed E-state index contributed by atoms with van der Waals surface area (Å²) in [5.41, 5.74) is 2.63. The van der Waals surface area contributed by atoms with Gasteiger partial charge in [-0.1, -0.05) is 31.0 Å². The maximum atomic E-state index is 13.7. The molecule has 0 aliphatic carbocycles. The van der Waals surface area contributed by atoms with Gasteiger partial charge in [-0.15, -0.1) is 0 Å². The van der Waals surface area contributed by atoms with Crippen molar-refractivity contribution >= 4 is 38.3 Å². The van der Waals surface area contributed by atoms with Crippen LogP contribution < -0.4 is 15.2 Å².